The van der Waals surface area contributed by atoms with Gasteiger partial charge in [0.15, 0.2) is 0 Å². The van der Waals surface area contributed by atoms with Crippen LogP contribution in [0.3, 0.4) is 0 Å². The normalized spacial score (nSPS) is 38.5. The molecule has 20 heavy (non-hydrogen) atoms. The van der Waals surface area contributed by atoms with E-state index >= 15 is 0 Å². The van der Waals surface area contributed by atoms with Gasteiger partial charge >= 0.3 is 0 Å². The second kappa shape index (κ2) is 4.62. The van der Waals surface area contributed by atoms with Gasteiger partial charge in [0.2, 0.25) is 0 Å². The first kappa shape index (κ1) is 12.4. The smallest absolute Gasteiger partial charge is 0.0107 e. The fraction of sp³-hybridized carbons (Fsp3) is 0.500. The molecule has 0 radical (unpaired) electrons. The first-order valence-corrected chi connectivity index (χ1v) is 8.16. The fourth-order valence-electron chi connectivity index (χ4n) is 5.40. The van der Waals surface area contributed by atoms with E-state index in [1.165, 1.54) is 49.7 Å². The zero-order chi connectivity index (χ0) is 13.6. The molecule has 0 saturated heterocycles. The molecule has 0 amide bonds. The van der Waals surface area contributed by atoms with Crippen molar-refractivity contribution in [1.82, 2.24) is 0 Å². The lowest BCUT2D eigenvalue weighted by Crippen LogP contribution is -2.44. The van der Waals surface area contributed by atoms with Gasteiger partial charge in [-0.05, 0) is 72.8 Å². The third-order valence-electron chi connectivity index (χ3n) is 5.89. The highest BCUT2D eigenvalue weighted by molar-refractivity contribution is 5.55. The molecule has 4 aliphatic carbocycles. The van der Waals surface area contributed by atoms with E-state index in [2.05, 4.69) is 43.0 Å². The Labute approximate surface area is 122 Å². The Bertz CT molecular complexity index is 496. The summed E-state index contributed by atoms with van der Waals surface area (Å²) in [7, 11) is 0. The van der Waals surface area contributed by atoms with Gasteiger partial charge in [-0.3, -0.25) is 0 Å². The van der Waals surface area contributed by atoms with Gasteiger partial charge in [0.1, 0.15) is 0 Å². The van der Waals surface area contributed by atoms with E-state index in [0.29, 0.717) is 5.41 Å². The highest BCUT2D eigenvalue weighted by Gasteiger charge is 2.49. The van der Waals surface area contributed by atoms with Gasteiger partial charge in [0.05, 0.1) is 0 Å². The molecule has 0 heterocycles. The van der Waals surface area contributed by atoms with E-state index in [1.807, 2.05) is 6.08 Å². The second-order valence-corrected chi connectivity index (χ2v) is 7.48. The summed E-state index contributed by atoms with van der Waals surface area (Å²) in [5.74, 6) is 3.11. The van der Waals surface area contributed by atoms with Crippen molar-refractivity contribution in [3.63, 3.8) is 0 Å². The van der Waals surface area contributed by atoms with Crippen LogP contribution in [0.4, 0.5) is 0 Å². The Morgan fingerprint density at radius 2 is 1.35 bits per heavy atom. The number of allylic oxidation sites excluding steroid dienone is 1. The number of hydrogen-bond acceptors (Lipinski definition) is 0. The summed E-state index contributed by atoms with van der Waals surface area (Å²) in [6.45, 7) is 3.82. The van der Waals surface area contributed by atoms with Crippen LogP contribution in [-0.4, -0.2) is 0 Å². The zero-order valence-electron chi connectivity index (χ0n) is 12.2. The van der Waals surface area contributed by atoms with Gasteiger partial charge in [0.25, 0.3) is 0 Å². The minimum atomic E-state index is 0.547. The van der Waals surface area contributed by atoms with Crippen molar-refractivity contribution in [1.29, 1.82) is 0 Å². The van der Waals surface area contributed by atoms with Gasteiger partial charge in [0, 0.05) is 0 Å². The van der Waals surface area contributed by atoms with E-state index in [0.717, 1.165) is 17.8 Å². The van der Waals surface area contributed by atoms with Crippen LogP contribution in [0, 0.1) is 23.2 Å². The van der Waals surface area contributed by atoms with Crippen molar-refractivity contribution in [2.45, 2.75) is 38.5 Å². The number of benzene rings is 1. The summed E-state index contributed by atoms with van der Waals surface area (Å²) < 4.78 is 0. The molecule has 0 atom stereocenters. The van der Waals surface area contributed by atoms with Crippen molar-refractivity contribution in [2.24, 2.45) is 23.2 Å². The summed E-state index contributed by atoms with van der Waals surface area (Å²) in [5, 5.41) is 0. The third kappa shape index (κ3) is 2.16. The van der Waals surface area contributed by atoms with Crippen LogP contribution in [0.5, 0.6) is 0 Å². The van der Waals surface area contributed by atoms with Crippen LogP contribution < -0.4 is 0 Å². The molecule has 1 aromatic carbocycles. The minimum absolute atomic E-state index is 0.547. The van der Waals surface area contributed by atoms with Crippen LogP contribution in [0.1, 0.15) is 49.7 Å². The molecule has 0 aliphatic heterocycles. The molecular weight excluding hydrogens is 240 g/mol. The molecule has 104 valence electrons. The zero-order valence-corrected chi connectivity index (χ0v) is 12.2. The van der Waals surface area contributed by atoms with Crippen molar-refractivity contribution in [3.05, 3.63) is 48.0 Å². The fourth-order valence-corrected chi connectivity index (χ4v) is 5.40. The Balaban J connectivity index is 1.55. The Kier molecular flexibility index (Phi) is 2.87. The van der Waals surface area contributed by atoms with E-state index in [9.17, 15) is 0 Å². The molecular formula is C20H24. The number of rotatable bonds is 3. The average molecular weight is 264 g/mol. The summed E-state index contributed by atoms with van der Waals surface area (Å²) in [5.41, 5.74) is 3.09. The Morgan fingerprint density at radius 3 is 1.85 bits per heavy atom. The maximum atomic E-state index is 3.82. The third-order valence-corrected chi connectivity index (χ3v) is 5.89. The van der Waals surface area contributed by atoms with E-state index in [-0.39, 0.29) is 0 Å². The first-order valence-electron chi connectivity index (χ1n) is 8.16. The van der Waals surface area contributed by atoms with Gasteiger partial charge in [-0.25, -0.2) is 0 Å². The topological polar surface area (TPSA) is 0 Å². The van der Waals surface area contributed by atoms with Gasteiger partial charge in [-0.15, -0.1) is 0 Å². The highest BCUT2D eigenvalue weighted by Crippen LogP contribution is 2.60. The summed E-state index contributed by atoms with van der Waals surface area (Å²) >= 11 is 0. The molecule has 4 aliphatic rings. The molecule has 5 rings (SSSR count). The first-order chi connectivity index (χ1) is 9.75. The lowest BCUT2D eigenvalue weighted by Gasteiger charge is -2.55. The van der Waals surface area contributed by atoms with Crippen LogP contribution in [0.2, 0.25) is 0 Å². The van der Waals surface area contributed by atoms with E-state index < -0.39 is 0 Å². The molecule has 0 spiro atoms. The molecule has 4 saturated carbocycles. The maximum Gasteiger partial charge on any atom is -0.0107 e. The average Bonchev–Trinajstić information content (AvgIpc) is 2.44. The Morgan fingerprint density at radius 1 is 0.850 bits per heavy atom. The number of hydrogen-bond donors (Lipinski definition) is 0. The van der Waals surface area contributed by atoms with Crippen molar-refractivity contribution >= 4 is 12.2 Å². The quantitative estimate of drug-likeness (QED) is 0.670. The molecule has 0 heteroatoms. The second-order valence-electron chi connectivity index (χ2n) is 7.48. The molecule has 4 bridgehead atoms. The highest BCUT2D eigenvalue weighted by atomic mass is 14.5. The molecule has 1 aromatic rings. The molecule has 0 unspecified atom stereocenters. The monoisotopic (exact) mass is 264 g/mol. The predicted octanol–water partition coefficient (Wildman–Crippen LogP) is 5.56. The summed E-state index contributed by atoms with van der Waals surface area (Å²) in [4.78, 5) is 0. The van der Waals surface area contributed by atoms with Crippen molar-refractivity contribution < 1.29 is 0 Å². The molecule has 4 fully saturated rings. The SMILES string of the molecule is C=Cc1ccc(/C=C/C23CC4CC(CC(C4)C2)C3)cc1. The lowest BCUT2D eigenvalue weighted by atomic mass is 9.49. The van der Waals surface area contributed by atoms with Gasteiger partial charge in [-0.1, -0.05) is 49.1 Å². The van der Waals surface area contributed by atoms with E-state index in [1.54, 1.807) is 0 Å². The van der Waals surface area contributed by atoms with Gasteiger partial charge < -0.3 is 0 Å². The van der Waals surface area contributed by atoms with Crippen molar-refractivity contribution in [2.75, 3.05) is 0 Å². The Hall–Kier alpha value is -1.30. The molecule has 0 nitrogen and oxygen atoms in total. The molecule has 0 aromatic heterocycles. The molecule has 0 N–H and O–H groups in total. The maximum absolute atomic E-state index is 3.82. The van der Waals surface area contributed by atoms with Crippen LogP contribution >= 0.6 is 0 Å². The van der Waals surface area contributed by atoms with Crippen LogP contribution in [0.25, 0.3) is 12.2 Å². The van der Waals surface area contributed by atoms with Crippen molar-refractivity contribution in [3.8, 4) is 0 Å². The van der Waals surface area contributed by atoms with Gasteiger partial charge in [-0.2, -0.15) is 0 Å². The van der Waals surface area contributed by atoms with E-state index in [4.69, 9.17) is 0 Å². The summed E-state index contributed by atoms with van der Waals surface area (Å²) in [6.07, 6.45) is 15.8. The predicted molar refractivity (Wildman–Crippen MR) is 86.2 cm³/mol. The largest absolute Gasteiger partial charge is 0.0985 e. The van der Waals surface area contributed by atoms with Crippen LogP contribution in [-0.2, 0) is 0 Å². The standard InChI is InChI=1S/C20H24/c1-2-15-3-5-16(6-4-15)7-8-20-12-17-9-18(13-20)11-19(10-17)14-20/h2-8,17-19H,1,9-14H2/b8-7+. The van der Waals surface area contributed by atoms with Crippen LogP contribution in [0.15, 0.2) is 36.9 Å². The lowest BCUT2D eigenvalue weighted by molar-refractivity contribution is -0.0232. The summed E-state index contributed by atoms with van der Waals surface area (Å²) in [6, 6.07) is 8.75. The minimum Gasteiger partial charge on any atom is -0.0985 e.